The predicted molar refractivity (Wildman–Crippen MR) is 143 cm³/mol. The van der Waals surface area contributed by atoms with E-state index in [-0.39, 0.29) is 35.9 Å². The molecule has 0 saturated carbocycles. The Morgan fingerprint density at radius 3 is 2.78 bits per heavy atom. The second kappa shape index (κ2) is 14.1. The van der Waals surface area contributed by atoms with E-state index in [0.717, 1.165) is 63.7 Å². The number of hydrogen-bond donors (Lipinski definition) is 4. The Bertz CT molecular complexity index is 807. The first kappa shape index (κ1) is 29.4. The summed E-state index contributed by atoms with van der Waals surface area (Å²) in [7, 11) is 0. The van der Waals surface area contributed by atoms with E-state index in [1.807, 2.05) is 17.9 Å². The monoisotopic (exact) mass is 525 g/mol. The number of rotatable bonds is 11. The van der Waals surface area contributed by atoms with Gasteiger partial charge >= 0.3 is 0 Å². The van der Waals surface area contributed by atoms with Crippen molar-refractivity contribution in [2.45, 2.75) is 115 Å². The van der Waals surface area contributed by atoms with Crippen LogP contribution in [0.5, 0.6) is 0 Å². The third-order valence-electron chi connectivity index (χ3n) is 7.81. The Hall–Kier alpha value is -1.20. The van der Waals surface area contributed by atoms with E-state index in [1.54, 1.807) is 0 Å². The van der Waals surface area contributed by atoms with E-state index in [1.165, 1.54) is 11.8 Å². The summed E-state index contributed by atoms with van der Waals surface area (Å²) in [6, 6.07) is -0.473. The first-order valence-corrected chi connectivity index (χ1v) is 15.0. The molecule has 0 spiro atoms. The van der Waals surface area contributed by atoms with Gasteiger partial charge in [-0.15, -0.1) is 16.9 Å². The number of aliphatic hydroxyl groups is 2. The first-order chi connectivity index (χ1) is 17.2. The number of carbonyl (C=O) groups excluding carboxylic acids is 1. The molecule has 3 heterocycles. The lowest BCUT2D eigenvalue weighted by atomic mass is 9.83. The number of aryl methyl sites for hydroxylation is 2. The zero-order valence-electron chi connectivity index (χ0n) is 22.6. The van der Waals surface area contributed by atoms with Crippen molar-refractivity contribution in [3.8, 4) is 0 Å². The largest absolute Gasteiger partial charge is 0.390 e. The quantitative estimate of drug-likeness (QED) is 0.347. The minimum atomic E-state index is -0.932. The fourth-order valence-electron chi connectivity index (χ4n) is 5.51. The molecular weight excluding hydrogens is 478 g/mol. The van der Waals surface area contributed by atoms with Gasteiger partial charge in [-0.25, -0.2) is 0 Å². The van der Waals surface area contributed by atoms with Gasteiger partial charge in [0.1, 0.15) is 11.5 Å². The van der Waals surface area contributed by atoms with Crippen LogP contribution in [-0.4, -0.2) is 79.7 Å². The Labute approximate surface area is 220 Å². The van der Waals surface area contributed by atoms with Crippen LogP contribution in [-0.2, 0) is 22.5 Å². The van der Waals surface area contributed by atoms with Crippen LogP contribution in [0.15, 0.2) is 6.20 Å². The minimum absolute atomic E-state index is 0.00228. The number of nitrogens with one attached hydrogen (secondary N) is 2. The van der Waals surface area contributed by atoms with Crippen LogP contribution in [0.3, 0.4) is 0 Å². The molecule has 4 N–H and O–H groups in total. The standard InChI is InChI=1S/C26H47N5O4S/c1-6-8-19-15-31(30-29-19)14-7-9-18-10-11-20(27-13-12-18)25(34)28-21(16(2)3)24-17(4)22(32)23(33)26(35-24)36-5/h15-18,20-24,26-27,32-33H,6-14H2,1-5H3,(H,28,34)/t17-,18+,20+,21-,22+,23-,24+,26-/m1/s1. The SMILES string of the molecule is CCCc1cn(CCC[C@@H]2CCN[C@H](C(=O)N[C@H](C(C)C)[C@H]3O[C@H](SC)[C@H](O)[C@@H](O)[C@H]3C)CC2)nn1. The highest BCUT2D eigenvalue weighted by Gasteiger charge is 2.46. The van der Waals surface area contributed by atoms with Gasteiger partial charge in [0.05, 0.1) is 30.0 Å². The van der Waals surface area contributed by atoms with Gasteiger partial charge in [-0.3, -0.25) is 9.48 Å². The van der Waals surface area contributed by atoms with Crippen LogP contribution >= 0.6 is 11.8 Å². The Balaban J connectivity index is 1.50. The summed E-state index contributed by atoms with van der Waals surface area (Å²) in [5, 5.41) is 36.1. The second-order valence-corrected chi connectivity index (χ2v) is 11.9. The fraction of sp³-hybridized carbons (Fsp3) is 0.885. The number of nitrogens with zero attached hydrogens (tertiary/aromatic N) is 3. The molecule has 0 radical (unpaired) electrons. The van der Waals surface area contributed by atoms with Crippen molar-refractivity contribution in [3.05, 3.63) is 11.9 Å². The van der Waals surface area contributed by atoms with E-state index in [9.17, 15) is 15.0 Å². The molecule has 10 heteroatoms. The maximum absolute atomic E-state index is 13.3. The van der Waals surface area contributed by atoms with Crippen LogP contribution in [0.4, 0.5) is 0 Å². The number of amides is 1. The minimum Gasteiger partial charge on any atom is -0.390 e. The van der Waals surface area contributed by atoms with Gasteiger partial charge < -0.3 is 25.6 Å². The molecule has 206 valence electrons. The zero-order chi connectivity index (χ0) is 26.2. The highest BCUT2D eigenvalue weighted by molar-refractivity contribution is 7.99. The summed E-state index contributed by atoms with van der Waals surface area (Å²) >= 11 is 1.38. The summed E-state index contributed by atoms with van der Waals surface area (Å²) in [5.41, 5.74) is 0.555. The number of ether oxygens (including phenoxy) is 1. The summed E-state index contributed by atoms with van der Waals surface area (Å²) in [6.45, 7) is 9.87. The van der Waals surface area contributed by atoms with E-state index in [4.69, 9.17) is 4.74 Å². The molecule has 2 aliphatic heterocycles. The van der Waals surface area contributed by atoms with E-state index < -0.39 is 17.6 Å². The average molecular weight is 526 g/mol. The van der Waals surface area contributed by atoms with Gasteiger partial charge in [-0.1, -0.05) is 39.3 Å². The van der Waals surface area contributed by atoms with Crippen molar-refractivity contribution in [3.63, 3.8) is 0 Å². The van der Waals surface area contributed by atoms with Gasteiger partial charge in [-0.05, 0) is 63.2 Å². The lowest BCUT2D eigenvalue weighted by molar-refractivity contribution is -0.179. The van der Waals surface area contributed by atoms with Crippen LogP contribution in [0, 0.1) is 17.8 Å². The lowest BCUT2D eigenvalue weighted by Gasteiger charge is -2.45. The van der Waals surface area contributed by atoms with Crippen molar-refractivity contribution >= 4 is 17.7 Å². The molecule has 2 fully saturated rings. The first-order valence-electron chi connectivity index (χ1n) is 13.7. The van der Waals surface area contributed by atoms with Crippen molar-refractivity contribution < 1.29 is 19.7 Å². The molecule has 0 aromatic carbocycles. The molecule has 2 aliphatic rings. The van der Waals surface area contributed by atoms with Gasteiger partial charge in [0, 0.05) is 18.7 Å². The molecule has 1 aromatic heterocycles. The fourth-order valence-corrected chi connectivity index (χ4v) is 6.19. The third kappa shape index (κ3) is 7.66. The molecule has 2 saturated heterocycles. The normalized spacial score (nSPS) is 32.3. The van der Waals surface area contributed by atoms with E-state index in [0.29, 0.717) is 5.92 Å². The van der Waals surface area contributed by atoms with Crippen LogP contribution in [0.25, 0.3) is 0 Å². The number of hydrogen-bond acceptors (Lipinski definition) is 8. The predicted octanol–water partition coefficient (Wildman–Crippen LogP) is 2.36. The molecule has 0 bridgehead atoms. The molecule has 3 rings (SSSR count). The number of aliphatic hydroxyl groups excluding tert-OH is 2. The summed E-state index contributed by atoms with van der Waals surface area (Å²) in [4.78, 5) is 13.3. The molecule has 0 unspecified atom stereocenters. The highest BCUT2D eigenvalue weighted by Crippen LogP contribution is 2.34. The van der Waals surface area contributed by atoms with Gasteiger partial charge in [0.15, 0.2) is 0 Å². The van der Waals surface area contributed by atoms with Gasteiger partial charge in [-0.2, -0.15) is 0 Å². The van der Waals surface area contributed by atoms with Crippen molar-refractivity contribution in [1.82, 2.24) is 25.6 Å². The van der Waals surface area contributed by atoms with Crippen molar-refractivity contribution in [2.75, 3.05) is 12.8 Å². The van der Waals surface area contributed by atoms with Crippen LogP contribution in [0.1, 0.15) is 71.9 Å². The van der Waals surface area contributed by atoms with Crippen molar-refractivity contribution in [1.29, 1.82) is 0 Å². The van der Waals surface area contributed by atoms with E-state index in [2.05, 4.69) is 47.9 Å². The van der Waals surface area contributed by atoms with E-state index >= 15 is 0 Å². The molecule has 1 amide bonds. The van der Waals surface area contributed by atoms with Gasteiger partial charge in [0.2, 0.25) is 5.91 Å². The second-order valence-electron chi connectivity index (χ2n) is 10.9. The number of aromatic nitrogens is 3. The number of carbonyl (C=O) groups is 1. The molecular formula is C26H47N5O4S. The molecule has 8 atom stereocenters. The smallest absolute Gasteiger partial charge is 0.237 e. The van der Waals surface area contributed by atoms with Gasteiger partial charge in [0.25, 0.3) is 0 Å². The molecule has 36 heavy (non-hydrogen) atoms. The number of thioether (sulfide) groups is 1. The maximum Gasteiger partial charge on any atom is 0.237 e. The maximum atomic E-state index is 13.3. The summed E-state index contributed by atoms with van der Waals surface area (Å²) in [5.74, 6) is 0.429. The van der Waals surface area contributed by atoms with Crippen molar-refractivity contribution in [2.24, 2.45) is 17.8 Å². The topological polar surface area (TPSA) is 122 Å². The lowest BCUT2D eigenvalue weighted by Crippen LogP contribution is -2.61. The molecule has 9 nitrogen and oxygen atoms in total. The molecule has 0 aliphatic carbocycles. The Morgan fingerprint density at radius 2 is 2.08 bits per heavy atom. The molecule has 1 aromatic rings. The Morgan fingerprint density at radius 1 is 1.31 bits per heavy atom. The highest BCUT2D eigenvalue weighted by atomic mass is 32.2. The summed E-state index contributed by atoms with van der Waals surface area (Å²) in [6.07, 6.45) is 8.87. The Kier molecular flexibility index (Phi) is 11.5. The summed E-state index contributed by atoms with van der Waals surface area (Å²) < 4.78 is 8.14. The zero-order valence-corrected chi connectivity index (χ0v) is 23.4. The average Bonchev–Trinajstić information content (AvgIpc) is 3.16. The third-order valence-corrected chi connectivity index (χ3v) is 8.66. The van der Waals surface area contributed by atoms with Crippen LogP contribution < -0.4 is 10.6 Å². The van der Waals surface area contributed by atoms with Crippen LogP contribution in [0.2, 0.25) is 0 Å².